The van der Waals surface area contributed by atoms with Gasteiger partial charge in [0.05, 0.1) is 18.3 Å². The van der Waals surface area contributed by atoms with Gasteiger partial charge in [-0.1, -0.05) is 49.6 Å². The number of nitrogens with zero attached hydrogens (tertiary/aromatic N) is 2. The molecule has 0 bridgehead atoms. The molecule has 2 aromatic rings. The lowest BCUT2D eigenvalue weighted by molar-refractivity contribution is 0.247. The smallest absolute Gasteiger partial charge is 0.212 e. The summed E-state index contributed by atoms with van der Waals surface area (Å²) in [6, 6.07) is 13.1. The van der Waals surface area contributed by atoms with Crippen LogP contribution in [0.15, 0.2) is 36.4 Å². The van der Waals surface area contributed by atoms with Gasteiger partial charge in [0.2, 0.25) is 5.88 Å². The van der Waals surface area contributed by atoms with Crippen LogP contribution in [0.4, 0.5) is 0 Å². The maximum Gasteiger partial charge on any atom is 0.212 e. The first-order valence-corrected chi connectivity index (χ1v) is 8.76. The lowest BCUT2D eigenvalue weighted by Crippen LogP contribution is -2.17. The molecule has 0 radical (unpaired) electrons. The van der Waals surface area contributed by atoms with Crippen molar-refractivity contribution in [2.24, 2.45) is 0 Å². The zero-order valence-electron chi connectivity index (χ0n) is 14.4. The average Bonchev–Trinajstić information content (AvgIpc) is 3.00. The highest BCUT2D eigenvalue weighted by atomic mass is 35.5. The highest BCUT2D eigenvalue weighted by Crippen LogP contribution is 2.31. The molecule has 132 valence electrons. The zero-order valence-corrected chi connectivity index (χ0v) is 15.2. The van der Waals surface area contributed by atoms with E-state index in [0.29, 0.717) is 12.6 Å². The van der Waals surface area contributed by atoms with Gasteiger partial charge in [0, 0.05) is 19.0 Å². The van der Waals surface area contributed by atoms with Crippen molar-refractivity contribution in [3.05, 3.63) is 47.7 Å². The number of nitrogens with one attached hydrogen (secondary N) is 1. The van der Waals surface area contributed by atoms with Crippen LogP contribution in [0.5, 0.6) is 5.88 Å². The van der Waals surface area contributed by atoms with Crippen LogP contribution in [0.2, 0.25) is 0 Å². The van der Waals surface area contributed by atoms with Gasteiger partial charge in [-0.15, -0.1) is 12.4 Å². The number of aromatic nitrogens is 2. The second kappa shape index (κ2) is 9.70. The molecule has 1 aliphatic carbocycles. The fourth-order valence-electron chi connectivity index (χ4n) is 3.31. The molecular weight excluding hydrogens is 322 g/mol. The third-order valence-corrected chi connectivity index (χ3v) is 4.51. The van der Waals surface area contributed by atoms with Crippen molar-refractivity contribution in [3.8, 4) is 5.88 Å². The van der Waals surface area contributed by atoms with Crippen LogP contribution in [-0.4, -0.2) is 23.4 Å². The Bertz CT molecular complexity index is 594. The Morgan fingerprint density at radius 1 is 1.17 bits per heavy atom. The highest BCUT2D eigenvalue weighted by molar-refractivity contribution is 5.85. The summed E-state index contributed by atoms with van der Waals surface area (Å²) < 4.78 is 8.23. The van der Waals surface area contributed by atoms with Crippen molar-refractivity contribution >= 4 is 12.4 Å². The SMILES string of the molecule is CNCc1cc(OCCc2ccccc2)n(C2CCCCC2)n1.Cl. The Morgan fingerprint density at radius 3 is 2.62 bits per heavy atom. The van der Waals surface area contributed by atoms with E-state index in [1.807, 2.05) is 13.1 Å². The minimum atomic E-state index is 0. The molecule has 0 spiro atoms. The van der Waals surface area contributed by atoms with Gasteiger partial charge in [-0.25, -0.2) is 4.68 Å². The Hall–Kier alpha value is -1.52. The monoisotopic (exact) mass is 349 g/mol. The first-order chi connectivity index (χ1) is 11.4. The molecule has 1 saturated carbocycles. The number of halogens is 1. The topological polar surface area (TPSA) is 39.1 Å². The lowest BCUT2D eigenvalue weighted by Gasteiger charge is -2.23. The minimum absolute atomic E-state index is 0. The number of benzene rings is 1. The molecule has 0 aliphatic heterocycles. The molecule has 0 unspecified atom stereocenters. The van der Waals surface area contributed by atoms with E-state index in [0.717, 1.165) is 24.5 Å². The maximum absolute atomic E-state index is 6.09. The van der Waals surface area contributed by atoms with Crippen molar-refractivity contribution in [3.63, 3.8) is 0 Å². The molecule has 1 aromatic carbocycles. The molecule has 1 fully saturated rings. The van der Waals surface area contributed by atoms with Crippen LogP contribution >= 0.6 is 12.4 Å². The van der Waals surface area contributed by atoms with Crippen LogP contribution < -0.4 is 10.1 Å². The van der Waals surface area contributed by atoms with Crippen molar-refractivity contribution in [1.29, 1.82) is 0 Å². The van der Waals surface area contributed by atoms with E-state index in [9.17, 15) is 0 Å². The van der Waals surface area contributed by atoms with E-state index in [1.165, 1.54) is 37.7 Å². The number of rotatable bonds is 7. The van der Waals surface area contributed by atoms with E-state index in [1.54, 1.807) is 0 Å². The standard InChI is InChI=1S/C19H27N3O.ClH/c1-20-15-17-14-19(22(21-17)18-10-6-3-7-11-18)23-13-12-16-8-4-2-5-9-16;/h2,4-5,8-9,14,18,20H,3,6-7,10-13,15H2,1H3;1H. The third-order valence-electron chi connectivity index (χ3n) is 4.51. The largest absolute Gasteiger partial charge is 0.477 e. The van der Waals surface area contributed by atoms with Gasteiger partial charge in [-0.3, -0.25) is 0 Å². The number of hydrogen-bond donors (Lipinski definition) is 1. The normalized spacial score (nSPS) is 15.0. The summed E-state index contributed by atoms with van der Waals surface area (Å²) >= 11 is 0. The van der Waals surface area contributed by atoms with E-state index < -0.39 is 0 Å². The van der Waals surface area contributed by atoms with Crippen LogP contribution in [-0.2, 0) is 13.0 Å². The molecule has 0 saturated heterocycles. The molecule has 0 amide bonds. The van der Waals surface area contributed by atoms with Crippen LogP contribution in [0.3, 0.4) is 0 Å². The summed E-state index contributed by atoms with van der Waals surface area (Å²) in [5.74, 6) is 0.929. The van der Waals surface area contributed by atoms with Crippen molar-refractivity contribution in [2.75, 3.05) is 13.7 Å². The van der Waals surface area contributed by atoms with Gasteiger partial charge < -0.3 is 10.1 Å². The molecular formula is C19H28ClN3O. The Morgan fingerprint density at radius 2 is 1.92 bits per heavy atom. The predicted molar refractivity (Wildman–Crippen MR) is 100 cm³/mol. The molecule has 3 rings (SSSR count). The fraction of sp³-hybridized carbons (Fsp3) is 0.526. The fourth-order valence-corrected chi connectivity index (χ4v) is 3.31. The zero-order chi connectivity index (χ0) is 15.9. The number of ether oxygens (including phenoxy) is 1. The average molecular weight is 350 g/mol. The molecule has 1 aromatic heterocycles. The molecule has 1 N–H and O–H groups in total. The summed E-state index contributed by atoms with van der Waals surface area (Å²) in [5.41, 5.74) is 2.37. The molecule has 24 heavy (non-hydrogen) atoms. The van der Waals surface area contributed by atoms with Gasteiger partial charge in [-0.05, 0) is 25.5 Å². The van der Waals surface area contributed by atoms with Crippen molar-refractivity contribution in [1.82, 2.24) is 15.1 Å². The van der Waals surface area contributed by atoms with Gasteiger partial charge in [-0.2, -0.15) is 5.10 Å². The van der Waals surface area contributed by atoms with Gasteiger partial charge in [0.1, 0.15) is 0 Å². The summed E-state index contributed by atoms with van der Waals surface area (Å²) in [7, 11) is 1.95. The molecule has 5 heteroatoms. The van der Waals surface area contributed by atoms with Crippen LogP contribution in [0.1, 0.15) is 49.4 Å². The van der Waals surface area contributed by atoms with Crippen molar-refractivity contribution < 1.29 is 4.74 Å². The highest BCUT2D eigenvalue weighted by Gasteiger charge is 2.20. The van der Waals surface area contributed by atoms with E-state index in [4.69, 9.17) is 9.84 Å². The first kappa shape index (κ1) is 18.8. The summed E-state index contributed by atoms with van der Waals surface area (Å²) in [6.45, 7) is 1.48. The Labute approximate surface area is 151 Å². The van der Waals surface area contributed by atoms with E-state index in [-0.39, 0.29) is 12.4 Å². The minimum Gasteiger partial charge on any atom is -0.477 e. The summed E-state index contributed by atoms with van der Waals surface area (Å²) in [6.07, 6.45) is 7.32. The second-order valence-corrected chi connectivity index (χ2v) is 6.32. The quantitative estimate of drug-likeness (QED) is 0.816. The Kier molecular flexibility index (Phi) is 7.60. The van der Waals surface area contributed by atoms with Gasteiger partial charge in [0.15, 0.2) is 0 Å². The maximum atomic E-state index is 6.09. The van der Waals surface area contributed by atoms with Gasteiger partial charge in [0.25, 0.3) is 0 Å². The van der Waals surface area contributed by atoms with Crippen molar-refractivity contribution in [2.45, 2.75) is 51.1 Å². The predicted octanol–water partition coefficient (Wildman–Crippen LogP) is 4.15. The molecule has 1 heterocycles. The van der Waals surface area contributed by atoms with Gasteiger partial charge >= 0.3 is 0 Å². The van der Waals surface area contributed by atoms with Crippen LogP contribution in [0, 0.1) is 0 Å². The Balaban J connectivity index is 0.00000208. The first-order valence-electron chi connectivity index (χ1n) is 8.76. The number of hydrogen-bond acceptors (Lipinski definition) is 3. The third kappa shape index (κ3) is 4.99. The van der Waals surface area contributed by atoms with E-state index >= 15 is 0 Å². The second-order valence-electron chi connectivity index (χ2n) is 6.32. The summed E-state index contributed by atoms with van der Waals surface area (Å²) in [5, 5.41) is 7.96. The molecule has 1 aliphatic rings. The van der Waals surface area contributed by atoms with E-state index in [2.05, 4.69) is 40.3 Å². The molecule has 0 atom stereocenters. The summed E-state index contributed by atoms with van der Waals surface area (Å²) in [4.78, 5) is 0. The molecule has 4 nitrogen and oxygen atoms in total. The van der Waals surface area contributed by atoms with Crippen LogP contribution in [0.25, 0.3) is 0 Å². The lowest BCUT2D eigenvalue weighted by atomic mass is 9.96.